The van der Waals surface area contributed by atoms with Crippen molar-refractivity contribution in [1.29, 1.82) is 0 Å². The summed E-state index contributed by atoms with van der Waals surface area (Å²) in [4.78, 5) is 12.2. The summed E-state index contributed by atoms with van der Waals surface area (Å²) in [5.41, 5.74) is 5.11. The van der Waals surface area contributed by atoms with E-state index in [1.54, 1.807) is 19.2 Å². The average Bonchev–Trinajstić information content (AvgIpc) is 3.11. The molecule has 30 heavy (non-hydrogen) atoms. The number of methoxy groups -OCH3 is 1. The van der Waals surface area contributed by atoms with Gasteiger partial charge in [0.2, 0.25) is 11.1 Å². The minimum atomic E-state index is -0.217. The number of nitrogens with two attached hydrogens (primary N) is 1. The van der Waals surface area contributed by atoms with Crippen LogP contribution in [0.5, 0.6) is 5.75 Å². The van der Waals surface area contributed by atoms with E-state index >= 15 is 0 Å². The van der Waals surface area contributed by atoms with Crippen molar-refractivity contribution in [3.8, 4) is 5.75 Å². The summed E-state index contributed by atoms with van der Waals surface area (Å²) in [6.45, 7) is 1.87. The van der Waals surface area contributed by atoms with Gasteiger partial charge in [-0.15, -0.1) is 10.2 Å². The van der Waals surface area contributed by atoms with Crippen LogP contribution < -0.4 is 21.3 Å². The average molecular weight is 490 g/mol. The largest absolute Gasteiger partial charge is 0.495 e. The number of hydrogen-bond acceptors (Lipinski definition) is 8. The van der Waals surface area contributed by atoms with E-state index in [0.717, 1.165) is 27.5 Å². The zero-order chi connectivity index (χ0) is 21.5. The van der Waals surface area contributed by atoms with E-state index in [4.69, 9.17) is 10.6 Å². The predicted octanol–water partition coefficient (Wildman–Crippen LogP) is 3.33. The third-order valence-corrected chi connectivity index (χ3v) is 5.44. The Morgan fingerprint density at radius 2 is 1.97 bits per heavy atom. The molecule has 11 heteroatoms. The molecular weight excluding hydrogens is 470 g/mol. The number of aromatic nitrogens is 3. The lowest BCUT2D eigenvalue weighted by Gasteiger charge is -2.09. The maximum Gasteiger partial charge on any atom is 0.264 e. The minimum absolute atomic E-state index is 0.106. The Labute approximate surface area is 186 Å². The van der Waals surface area contributed by atoms with Crippen molar-refractivity contribution >= 4 is 50.9 Å². The summed E-state index contributed by atoms with van der Waals surface area (Å²) in [5.74, 6) is 6.75. The van der Waals surface area contributed by atoms with Gasteiger partial charge in [-0.25, -0.2) is 10.1 Å². The molecule has 0 bridgehead atoms. The van der Waals surface area contributed by atoms with Crippen LogP contribution in [0.25, 0.3) is 0 Å². The molecule has 9 nitrogen and oxygen atoms in total. The Morgan fingerprint density at radius 1 is 1.23 bits per heavy atom. The van der Waals surface area contributed by atoms with Crippen molar-refractivity contribution < 1.29 is 9.53 Å². The standard InChI is InChI=1S/C19H20BrN7O2S/c1-12(13-7-9-14(20)10-8-13)23-24-18-25-26-19(27(18)21)30-11-17(28)22-15-5-3-4-6-16(15)29-2/h3-10H,11,21H2,1-2H3,(H,22,28)(H,24,25)/b23-12+. The maximum atomic E-state index is 12.2. The predicted molar refractivity (Wildman–Crippen MR) is 122 cm³/mol. The van der Waals surface area contributed by atoms with Crippen LogP contribution in [0.4, 0.5) is 11.6 Å². The van der Waals surface area contributed by atoms with Crippen LogP contribution in [-0.2, 0) is 4.79 Å². The third-order valence-electron chi connectivity index (χ3n) is 3.96. The number of thioether (sulfide) groups is 1. The number of nitrogens with one attached hydrogen (secondary N) is 2. The van der Waals surface area contributed by atoms with Crippen molar-refractivity contribution in [2.24, 2.45) is 5.10 Å². The number of nitrogen functional groups attached to an aromatic ring is 1. The first-order valence-corrected chi connectivity index (χ1v) is 10.6. The van der Waals surface area contributed by atoms with Crippen LogP contribution in [0.3, 0.4) is 0 Å². The van der Waals surface area contributed by atoms with Crippen molar-refractivity contribution in [2.45, 2.75) is 12.1 Å². The van der Waals surface area contributed by atoms with Crippen molar-refractivity contribution in [2.75, 3.05) is 29.4 Å². The Kier molecular flexibility index (Phi) is 7.31. The smallest absolute Gasteiger partial charge is 0.264 e. The van der Waals surface area contributed by atoms with Gasteiger partial charge in [-0.1, -0.05) is 52.0 Å². The lowest BCUT2D eigenvalue weighted by atomic mass is 10.1. The van der Waals surface area contributed by atoms with E-state index in [-0.39, 0.29) is 17.6 Å². The Bertz CT molecular complexity index is 1050. The lowest BCUT2D eigenvalue weighted by Crippen LogP contribution is -2.17. The molecule has 2 aromatic carbocycles. The molecule has 0 radical (unpaired) electrons. The van der Waals surface area contributed by atoms with E-state index in [1.807, 2.05) is 43.3 Å². The fourth-order valence-corrected chi connectivity index (χ4v) is 3.33. The molecule has 0 spiro atoms. The topological polar surface area (TPSA) is 119 Å². The number of carbonyl (C=O) groups excluding carboxylic acids is 1. The van der Waals surface area contributed by atoms with Gasteiger partial charge in [-0.2, -0.15) is 5.10 Å². The molecule has 1 amide bonds. The molecule has 156 valence electrons. The molecule has 0 saturated carbocycles. The molecule has 0 aliphatic carbocycles. The van der Waals surface area contributed by atoms with Crippen LogP contribution in [0, 0.1) is 0 Å². The molecule has 3 aromatic rings. The molecule has 0 aliphatic heterocycles. The number of ether oxygens (including phenoxy) is 1. The highest BCUT2D eigenvalue weighted by Gasteiger charge is 2.13. The fraction of sp³-hybridized carbons (Fsp3) is 0.158. The molecule has 0 atom stereocenters. The van der Waals surface area contributed by atoms with Gasteiger partial charge in [-0.05, 0) is 36.8 Å². The minimum Gasteiger partial charge on any atom is -0.495 e. The molecular formula is C19H20BrN7O2S. The second-order valence-electron chi connectivity index (χ2n) is 6.03. The number of benzene rings is 2. The normalized spacial score (nSPS) is 11.2. The van der Waals surface area contributed by atoms with E-state index in [0.29, 0.717) is 16.6 Å². The first kappa shape index (κ1) is 21.7. The molecule has 0 aliphatic rings. The van der Waals surface area contributed by atoms with Gasteiger partial charge >= 0.3 is 0 Å². The van der Waals surface area contributed by atoms with Crippen molar-refractivity contribution in [3.63, 3.8) is 0 Å². The summed E-state index contributed by atoms with van der Waals surface area (Å²) in [7, 11) is 1.55. The van der Waals surface area contributed by atoms with Crippen LogP contribution in [0.15, 0.2) is 63.3 Å². The second kappa shape index (κ2) is 10.1. The van der Waals surface area contributed by atoms with Gasteiger partial charge in [0.15, 0.2) is 0 Å². The zero-order valence-electron chi connectivity index (χ0n) is 16.3. The highest BCUT2D eigenvalue weighted by atomic mass is 79.9. The summed E-state index contributed by atoms with van der Waals surface area (Å²) in [6.07, 6.45) is 0. The van der Waals surface area contributed by atoms with E-state index in [2.05, 4.69) is 42.0 Å². The number of hydrogen-bond donors (Lipinski definition) is 3. The first-order chi connectivity index (χ1) is 14.5. The van der Waals surface area contributed by atoms with Crippen LogP contribution in [0.2, 0.25) is 0 Å². The van der Waals surface area contributed by atoms with Gasteiger partial charge in [0.25, 0.3) is 5.95 Å². The van der Waals surface area contributed by atoms with Crippen molar-refractivity contribution in [1.82, 2.24) is 14.9 Å². The summed E-state index contributed by atoms with van der Waals surface area (Å²) in [6, 6.07) is 14.9. The molecule has 1 aromatic heterocycles. The summed E-state index contributed by atoms with van der Waals surface area (Å²) >= 11 is 4.56. The quantitative estimate of drug-likeness (QED) is 0.192. The highest BCUT2D eigenvalue weighted by molar-refractivity contribution is 9.10. The highest BCUT2D eigenvalue weighted by Crippen LogP contribution is 2.24. The number of hydrazone groups is 1. The number of anilines is 2. The zero-order valence-corrected chi connectivity index (χ0v) is 18.7. The summed E-state index contributed by atoms with van der Waals surface area (Å²) in [5, 5.41) is 15.4. The van der Waals surface area contributed by atoms with Gasteiger partial charge < -0.3 is 15.9 Å². The number of amides is 1. The van der Waals surface area contributed by atoms with Gasteiger partial charge in [0.1, 0.15) is 5.75 Å². The Balaban J connectivity index is 1.58. The van der Waals surface area contributed by atoms with E-state index in [1.165, 1.54) is 4.68 Å². The van der Waals surface area contributed by atoms with Gasteiger partial charge in [0, 0.05) is 4.47 Å². The molecule has 3 rings (SSSR count). The van der Waals surface area contributed by atoms with E-state index < -0.39 is 0 Å². The lowest BCUT2D eigenvalue weighted by molar-refractivity contribution is -0.113. The Morgan fingerprint density at radius 3 is 2.70 bits per heavy atom. The summed E-state index contributed by atoms with van der Waals surface area (Å²) < 4.78 is 7.46. The van der Waals surface area contributed by atoms with E-state index in [9.17, 15) is 4.79 Å². The van der Waals surface area contributed by atoms with Crippen molar-refractivity contribution in [3.05, 3.63) is 58.6 Å². The number of carbonyl (C=O) groups is 1. The van der Waals surface area contributed by atoms with Crippen LogP contribution in [0.1, 0.15) is 12.5 Å². The van der Waals surface area contributed by atoms with Gasteiger partial charge in [-0.3, -0.25) is 4.79 Å². The van der Waals surface area contributed by atoms with Crippen LogP contribution in [-0.4, -0.2) is 39.4 Å². The molecule has 0 fully saturated rings. The number of halogens is 1. The van der Waals surface area contributed by atoms with Crippen LogP contribution >= 0.6 is 27.7 Å². The Hall–Kier alpha value is -3.05. The number of para-hydroxylation sites is 2. The molecule has 4 N–H and O–H groups in total. The molecule has 0 saturated heterocycles. The number of rotatable bonds is 8. The molecule has 0 unspecified atom stereocenters. The second-order valence-corrected chi connectivity index (χ2v) is 7.89. The first-order valence-electron chi connectivity index (χ1n) is 8.80. The fourth-order valence-electron chi connectivity index (χ4n) is 2.41. The third kappa shape index (κ3) is 5.51. The monoisotopic (exact) mass is 489 g/mol. The number of nitrogens with zero attached hydrogens (tertiary/aromatic N) is 4. The molecule has 1 heterocycles. The maximum absolute atomic E-state index is 12.2. The van der Waals surface area contributed by atoms with Gasteiger partial charge in [0.05, 0.1) is 24.3 Å². The SMILES string of the molecule is COc1ccccc1NC(=O)CSc1nnc(N/N=C(\C)c2ccc(Br)cc2)n1N.